The summed E-state index contributed by atoms with van der Waals surface area (Å²) in [7, 11) is 0. The van der Waals surface area contributed by atoms with Gasteiger partial charge in [-0.2, -0.15) is 10.1 Å². The molecule has 3 aromatic rings. The zero-order valence-corrected chi connectivity index (χ0v) is 17.6. The van der Waals surface area contributed by atoms with Crippen molar-refractivity contribution in [2.45, 2.75) is 69.3 Å². The van der Waals surface area contributed by atoms with E-state index in [-0.39, 0.29) is 0 Å². The summed E-state index contributed by atoms with van der Waals surface area (Å²) in [5.41, 5.74) is 4.55. The maximum atomic E-state index is 6.18. The third-order valence-corrected chi connectivity index (χ3v) is 7.40. The normalized spacial score (nSPS) is 26.1. The minimum absolute atomic E-state index is 0.550. The van der Waals surface area contributed by atoms with Gasteiger partial charge in [0.2, 0.25) is 5.88 Å². The molecule has 0 spiro atoms. The molecule has 0 radical (unpaired) electrons. The predicted molar refractivity (Wildman–Crippen MR) is 120 cm³/mol. The number of ether oxygens (including phenoxy) is 1. The SMILES string of the molecule is c1cnn(-c2ccc3c(c2)COc2nc(N(C4CC4)[C@@H]4C[C@H]5CC[C@@H](C4)N5)ccc2-3)c1. The van der Waals surface area contributed by atoms with Gasteiger partial charge in [-0.25, -0.2) is 4.68 Å². The summed E-state index contributed by atoms with van der Waals surface area (Å²) < 4.78 is 8.06. The van der Waals surface area contributed by atoms with Crippen molar-refractivity contribution in [1.82, 2.24) is 20.1 Å². The Morgan fingerprint density at radius 2 is 1.81 bits per heavy atom. The first-order valence-corrected chi connectivity index (χ1v) is 11.6. The van der Waals surface area contributed by atoms with Crippen LogP contribution < -0.4 is 15.0 Å². The highest BCUT2D eigenvalue weighted by Crippen LogP contribution is 2.42. The number of nitrogens with zero attached hydrogens (tertiary/aromatic N) is 4. The number of pyridine rings is 1. The lowest BCUT2D eigenvalue weighted by atomic mass is 9.97. The second-order valence-electron chi connectivity index (χ2n) is 9.50. The van der Waals surface area contributed by atoms with Gasteiger partial charge in [0.1, 0.15) is 12.4 Å². The molecule has 1 N–H and O–H groups in total. The fourth-order valence-corrected chi connectivity index (χ4v) is 5.84. The molecule has 1 aliphatic carbocycles. The van der Waals surface area contributed by atoms with Gasteiger partial charge >= 0.3 is 0 Å². The highest BCUT2D eigenvalue weighted by Gasteiger charge is 2.41. The predicted octanol–water partition coefficient (Wildman–Crippen LogP) is 4.08. The third-order valence-electron chi connectivity index (χ3n) is 7.40. The Morgan fingerprint density at radius 1 is 0.968 bits per heavy atom. The van der Waals surface area contributed by atoms with Crippen LogP contribution in [0.25, 0.3) is 16.8 Å². The van der Waals surface area contributed by atoms with E-state index in [4.69, 9.17) is 9.72 Å². The van der Waals surface area contributed by atoms with Crippen molar-refractivity contribution in [1.29, 1.82) is 0 Å². The Labute approximate surface area is 182 Å². The topological polar surface area (TPSA) is 55.2 Å². The van der Waals surface area contributed by atoms with Gasteiger partial charge in [0.15, 0.2) is 0 Å². The molecule has 1 aromatic carbocycles. The van der Waals surface area contributed by atoms with E-state index in [2.05, 4.69) is 45.6 Å². The summed E-state index contributed by atoms with van der Waals surface area (Å²) in [5, 5.41) is 8.13. The van der Waals surface area contributed by atoms with Crippen LogP contribution in [0, 0.1) is 0 Å². The summed E-state index contributed by atoms with van der Waals surface area (Å²) in [5.74, 6) is 1.88. The van der Waals surface area contributed by atoms with Crippen LogP contribution in [0.1, 0.15) is 44.1 Å². The van der Waals surface area contributed by atoms with Gasteiger partial charge in [-0.05, 0) is 80.0 Å². The summed E-state index contributed by atoms with van der Waals surface area (Å²) in [6, 6.07) is 15.5. The Bertz CT molecular complexity index is 1110. The minimum atomic E-state index is 0.550. The largest absolute Gasteiger partial charge is 0.472 e. The number of aromatic nitrogens is 3. The molecule has 158 valence electrons. The number of hydrogen-bond acceptors (Lipinski definition) is 5. The summed E-state index contributed by atoms with van der Waals surface area (Å²) >= 11 is 0. The lowest BCUT2D eigenvalue weighted by molar-refractivity contribution is 0.289. The number of nitrogens with one attached hydrogen (secondary N) is 1. The first-order chi connectivity index (χ1) is 15.3. The van der Waals surface area contributed by atoms with E-state index in [0.29, 0.717) is 30.8 Å². The zero-order chi connectivity index (χ0) is 20.4. The maximum absolute atomic E-state index is 6.18. The Morgan fingerprint density at radius 3 is 2.58 bits per heavy atom. The van der Waals surface area contributed by atoms with E-state index < -0.39 is 0 Å². The third kappa shape index (κ3) is 3.04. The molecule has 3 atom stereocenters. The summed E-state index contributed by atoms with van der Waals surface area (Å²) in [6.07, 6.45) is 11.5. The van der Waals surface area contributed by atoms with E-state index in [1.165, 1.54) is 49.7 Å². The smallest absolute Gasteiger partial charge is 0.223 e. The van der Waals surface area contributed by atoms with Crippen LogP contribution in [0.3, 0.4) is 0 Å². The average molecular weight is 414 g/mol. The molecule has 3 fully saturated rings. The second kappa shape index (κ2) is 6.82. The molecule has 5 heterocycles. The molecule has 4 aliphatic rings. The molecule has 2 aromatic heterocycles. The van der Waals surface area contributed by atoms with Gasteiger partial charge < -0.3 is 15.0 Å². The molecule has 2 bridgehead atoms. The van der Waals surface area contributed by atoms with Gasteiger partial charge in [-0.3, -0.25) is 0 Å². The Balaban J connectivity index is 1.22. The second-order valence-corrected chi connectivity index (χ2v) is 9.50. The van der Waals surface area contributed by atoms with Crippen LogP contribution in [-0.4, -0.2) is 38.9 Å². The van der Waals surface area contributed by atoms with Crippen molar-refractivity contribution in [3.8, 4) is 22.7 Å². The number of benzene rings is 1. The molecular weight excluding hydrogens is 386 g/mol. The standard InChI is InChI=1S/C25H27N5O/c1-10-26-29(11-1)20-6-7-22-16(12-20)15-31-25-23(22)8-9-24(28-25)30(19-4-5-19)21-13-17-2-3-18(14-21)27-17/h1,6-12,17-19,21,27H,2-5,13-15H2/t17-,18+,21-. The van der Waals surface area contributed by atoms with Crippen molar-refractivity contribution >= 4 is 5.82 Å². The molecule has 0 unspecified atom stereocenters. The van der Waals surface area contributed by atoms with Crippen LogP contribution in [0.15, 0.2) is 48.8 Å². The number of rotatable bonds is 4. The number of anilines is 1. The Kier molecular flexibility index (Phi) is 3.91. The first-order valence-electron chi connectivity index (χ1n) is 11.6. The highest BCUT2D eigenvalue weighted by atomic mass is 16.5. The monoisotopic (exact) mass is 413 g/mol. The van der Waals surface area contributed by atoms with Crippen molar-refractivity contribution < 1.29 is 4.74 Å². The first kappa shape index (κ1) is 17.8. The van der Waals surface area contributed by atoms with Crippen LogP contribution in [0.4, 0.5) is 5.82 Å². The van der Waals surface area contributed by atoms with Crippen LogP contribution in [0.5, 0.6) is 5.88 Å². The van der Waals surface area contributed by atoms with Gasteiger partial charge in [0, 0.05) is 42.1 Å². The molecule has 6 nitrogen and oxygen atoms in total. The molecule has 1 saturated carbocycles. The molecule has 3 aliphatic heterocycles. The van der Waals surface area contributed by atoms with E-state index in [1.54, 1.807) is 6.20 Å². The van der Waals surface area contributed by atoms with Crippen molar-refractivity contribution in [2.75, 3.05) is 4.90 Å². The number of hydrogen-bond donors (Lipinski definition) is 1. The fourth-order valence-electron chi connectivity index (χ4n) is 5.84. The van der Waals surface area contributed by atoms with Crippen molar-refractivity contribution in [3.63, 3.8) is 0 Å². The number of fused-ring (bicyclic) bond motifs is 5. The van der Waals surface area contributed by atoms with E-state index >= 15 is 0 Å². The lowest BCUT2D eigenvalue weighted by Crippen LogP contribution is -2.49. The fraction of sp³-hybridized carbons (Fsp3) is 0.440. The molecule has 7 rings (SSSR count). The zero-order valence-electron chi connectivity index (χ0n) is 17.6. The van der Waals surface area contributed by atoms with E-state index in [1.807, 2.05) is 16.9 Å². The maximum Gasteiger partial charge on any atom is 0.223 e. The molecular formula is C25H27N5O. The molecule has 6 heteroatoms. The van der Waals surface area contributed by atoms with Crippen LogP contribution in [-0.2, 0) is 6.61 Å². The van der Waals surface area contributed by atoms with Gasteiger partial charge in [0.25, 0.3) is 0 Å². The molecule has 31 heavy (non-hydrogen) atoms. The quantitative estimate of drug-likeness (QED) is 0.699. The average Bonchev–Trinajstić information content (AvgIpc) is 3.35. The molecule has 2 saturated heterocycles. The summed E-state index contributed by atoms with van der Waals surface area (Å²) in [6.45, 7) is 0.550. The van der Waals surface area contributed by atoms with E-state index in [9.17, 15) is 0 Å². The highest BCUT2D eigenvalue weighted by molar-refractivity contribution is 5.75. The van der Waals surface area contributed by atoms with Crippen molar-refractivity contribution in [3.05, 3.63) is 54.4 Å². The van der Waals surface area contributed by atoms with Crippen LogP contribution in [0.2, 0.25) is 0 Å². The molecule has 0 amide bonds. The number of piperidine rings is 1. The van der Waals surface area contributed by atoms with Crippen LogP contribution >= 0.6 is 0 Å². The van der Waals surface area contributed by atoms with Crippen molar-refractivity contribution in [2.24, 2.45) is 0 Å². The van der Waals surface area contributed by atoms with Gasteiger partial charge in [-0.1, -0.05) is 6.07 Å². The minimum Gasteiger partial charge on any atom is -0.472 e. The lowest BCUT2D eigenvalue weighted by Gasteiger charge is -2.39. The van der Waals surface area contributed by atoms with Gasteiger partial charge in [0.05, 0.1) is 5.69 Å². The van der Waals surface area contributed by atoms with E-state index in [0.717, 1.165) is 22.9 Å². The van der Waals surface area contributed by atoms with Gasteiger partial charge in [-0.15, -0.1) is 0 Å². The Hall–Kier alpha value is -2.86. The summed E-state index contributed by atoms with van der Waals surface area (Å²) in [4.78, 5) is 7.69.